The lowest BCUT2D eigenvalue weighted by atomic mass is 9.79. The number of methoxy groups -OCH3 is 1. The lowest BCUT2D eigenvalue weighted by Crippen LogP contribution is -2.74. The lowest BCUT2D eigenvalue weighted by molar-refractivity contribution is -0.166. The van der Waals surface area contributed by atoms with Gasteiger partial charge in [0.2, 0.25) is 11.8 Å². The van der Waals surface area contributed by atoms with Gasteiger partial charge in [-0.25, -0.2) is 0 Å². The monoisotopic (exact) mass is 296 g/mol. The molecule has 2 amide bonds. The number of hydrogen-bond acceptors (Lipinski definition) is 3. The van der Waals surface area contributed by atoms with E-state index in [2.05, 4.69) is 5.32 Å². The van der Waals surface area contributed by atoms with Gasteiger partial charge in [-0.05, 0) is 31.6 Å². The minimum atomic E-state index is -0.722. The Kier molecular flexibility index (Phi) is 4.61. The van der Waals surface area contributed by atoms with E-state index in [0.717, 1.165) is 12.8 Å². The highest BCUT2D eigenvalue weighted by Crippen LogP contribution is 2.36. The minimum absolute atomic E-state index is 0.00540. The van der Waals surface area contributed by atoms with Crippen LogP contribution in [0.4, 0.5) is 0 Å². The molecule has 1 aliphatic carbocycles. The Morgan fingerprint density at radius 2 is 1.86 bits per heavy atom. The summed E-state index contributed by atoms with van der Waals surface area (Å²) in [6.07, 6.45) is 3.16. The summed E-state index contributed by atoms with van der Waals surface area (Å²) in [5.74, 6) is 0.196. The predicted molar refractivity (Wildman–Crippen MR) is 80.7 cm³/mol. The molecule has 5 heteroatoms. The maximum Gasteiger partial charge on any atom is 0.249 e. The topological polar surface area (TPSA) is 58.6 Å². The molecule has 5 nitrogen and oxygen atoms in total. The first-order valence-electron chi connectivity index (χ1n) is 8.07. The maximum absolute atomic E-state index is 13.1. The number of ether oxygens (including phenoxy) is 1. The smallest absolute Gasteiger partial charge is 0.249 e. The SMILES string of the molecule is CCC1(CC)NC(=O)C(C(C)C)N(C2CC(OC)C2)C1=O. The summed E-state index contributed by atoms with van der Waals surface area (Å²) in [5.41, 5.74) is -0.722. The third-order valence-corrected chi connectivity index (χ3v) is 5.21. The van der Waals surface area contributed by atoms with Crippen molar-refractivity contribution >= 4 is 11.8 Å². The summed E-state index contributed by atoms with van der Waals surface area (Å²) in [6.45, 7) is 7.94. The van der Waals surface area contributed by atoms with E-state index in [1.165, 1.54) is 0 Å². The molecule has 0 bridgehead atoms. The summed E-state index contributed by atoms with van der Waals surface area (Å²) in [6, 6.07) is -0.218. The van der Waals surface area contributed by atoms with Crippen molar-refractivity contribution in [3.63, 3.8) is 0 Å². The van der Waals surface area contributed by atoms with Gasteiger partial charge in [0.1, 0.15) is 11.6 Å². The van der Waals surface area contributed by atoms with Gasteiger partial charge in [-0.15, -0.1) is 0 Å². The van der Waals surface area contributed by atoms with E-state index in [-0.39, 0.29) is 35.9 Å². The zero-order valence-electron chi connectivity index (χ0n) is 13.8. The number of nitrogens with one attached hydrogen (secondary N) is 1. The summed E-state index contributed by atoms with van der Waals surface area (Å²) in [7, 11) is 1.70. The first-order valence-corrected chi connectivity index (χ1v) is 8.07. The fourth-order valence-electron chi connectivity index (χ4n) is 3.57. The maximum atomic E-state index is 13.1. The molecule has 0 aromatic carbocycles. The van der Waals surface area contributed by atoms with Crippen molar-refractivity contribution in [1.82, 2.24) is 10.2 Å². The van der Waals surface area contributed by atoms with Crippen LogP contribution >= 0.6 is 0 Å². The third-order valence-electron chi connectivity index (χ3n) is 5.21. The molecule has 0 aromatic heterocycles. The summed E-state index contributed by atoms with van der Waals surface area (Å²) in [5, 5.41) is 3.01. The molecule has 2 fully saturated rings. The van der Waals surface area contributed by atoms with Crippen molar-refractivity contribution in [1.29, 1.82) is 0 Å². The molecule has 21 heavy (non-hydrogen) atoms. The molecule has 1 N–H and O–H groups in total. The second-order valence-corrected chi connectivity index (χ2v) is 6.66. The number of carbonyl (C=O) groups excluding carboxylic acids is 2. The Bertz CT molecular complexity index is 412. The van der Waals surface area contributed by atoms with E-state index in [1.54, 1.807) is 7.11 Å². The molecule has 1 heterocycles. The van der Waals surface area contributed by atoms with Gasteiger partial charge in [-0.1, -0.05) is 27.7 Å². The molecule has 0 spiro atoms. The summed E-state index contributed by atoms with van der Waals surface area (Å²) in [4.78, 5) is 27.5. The van der Waals surface area contributed by atoms with E-state index in [1.807, 2.05) is 32.6 Å². The van der Waals surface area contributed by atoms with Crippen LogP contribution in [0.1, 0.15) is 53.4 Å². The Morgan fingerprint density at radius 3 is 2.29 bits per heavy atom. The van der Waals surface area contributed by atoms with Crippen molar-refractivity contribution in [2.45, 2.75) is 77.1 Å². The number of nitrogens with zero attached hydrogens (tertiary/aromatic N) is 1. The molecular formula is C16H28N2O3. The largest absolute Gasteiger partial charge is 0.381 e. The van der Waals surface area contributed by atoms with Crippen molar-refractivity contribution in [2.24, 2.45) is 5.92 Å². The minimum Gasteiger partial charge on any atom is -0.381 e. The van der Waals surface area contributed by atoms with Gasteiger partial charge in [0.15, 0.2) is 0 Å². The van der Waals surface area contributed by atoms with Gasteiger partial charge in [0.05, 0.1) is 6.10 Å². The fraction of sp³-hybridized carbons (Fsp3) is 0.875. The molecule has 120 valence electrons. The number of piperazine rings is 1. The number of amides is 2. The highest BCUT2D eigenvalue weighted by atomic mass is 16.5. The molecular weight excluding hydrogens is 268 g/mol. The van der Waals surface area contributed by atoms with Gasteiger partial charge in [-0.2, -0.15) is 0 Å². The molecule has 0 aromatic rings. The second-order valence-electron chi connectivity index (χ2n) is 6.66. The average Bonchev–Trinajstić information content (AvgIpc) is 2.40. The normalized spacial score (nSPS) is 32.1. The van der Waals surface area contributed by atoms with Crippen LogP contribution in [0.25, 0.3) is 0 Å². The van der Waals surface area contributed by atoms with Gasteiger partial charge in [0.25, 0.3) is 0 Å². The van der Waals surface area contributed by atoms with E-state index in [9.17, 15) is 9.59 Å². The van der Waals surface area contributed by atoms with Crippen LogP contribution in [0.5, 0.6) is 0 Å². The van der Waals surface area contributed by atoms with E-state index in [0.29, 0.717) is 12.8 Å². The third kappa shape index (κ3) is 2.56. The van der Waals surface area contributed by atoms with Gasteiger partial charge in [-0.3, -0.25) is 9.59 Å². The standard InChI is InChI=1S/C16H28N2O3/c1-6-16(7-2)15(20)18(11-8-12(9-11)21-5)13(10(3)4)14(19)17-16/h10-13H,6-9H2,1-5H3,(H,17,19). The molecule has 1 atom stereocenters. The Labute approximate surface area is 127 Å². The number of carbonyl (C=O) groups is 2. The molecule has 1 saturated carbocycles. The molecule has 0 radical (unpaired) electrons. The zero-order chi connectivity index (χ0) is 15.8. The van der Waals surface area contributed by atoms with Gasteiger partial charge in [0, 0.05) is 13.2 Å². The van der Waals surface area contributed by atoms with Gasteiger partial charge >= 0.3 is 0 Å². The van der Waals surface area contributed by atoms with Crippen molar-refractivity contribution in [2.75, 3.05) is 7.11 Å². The predicted octanol–water partition coefficient (Wildman–Crippen LogP) is 1.71. The first-order chi connectivity index (χ1) is 9.90. The van der Waals surface area contributed by atoms with Crippen molar-refractivity contribution < 1.29 is 14.3 Å². The van der Waals surface area contributed by atoms with Crippen LogP contribution in [0.15, 0.2) is 0 Å². The van der Waals surface area contributed by atoms with Crippen LogP contribution in [-0.2, 0) is 14.3 Å². The fourth-order valence-corrected chi connectivity index (χ4v) is 3.57. The lowest BCUT2D eigenvalue weighted by Gasteiger charge is -2.53. The van der Waals surface area contributed by atoms with E-state index < -0.39 is 5.54 Å². The van der Waals surface area contributed by atoms with E-state index in [4.69, 9.17) is 4.74 Å². The second kappa shape index (κ2) is 5.95. The molecule has 1 unspecified atom stereocenters. The molecule has 1 aliphatic heterocycles. The van der Waals surface area contributed by atoms with Crippen molar-refractivity contribution in [3.8, 4) is 0 Å². The summed E-state index contributed by atoms with van der Waals surface area (Å²) >= 11 is 0. The first kappa shape index (κ1) is 16.3. The molecule has 1 saturated heterocycles. The molecule has 2 rings (SSSR count). The highest BCUT2D eigenvalue weighted by molar-refractivity contribution is 6.00. The van der Waals surface area contributed by atoms with Gasteiger partial charge < -0.3 is 15.0 Å². The highest BCUT2D eigenvalue weighted by Gasteiger charge is 2.53. The van der Waals surface area contributed by atoms with Crippen LogP contribution < -0.4 is 5.32 Å². The Morgan fingerprint density at radius 1 is 1.29 bits per heavy atom. The number of rotatable bonds is 5. The molecule has 2 aliphatic rings. The Hall–Kier alpha value is -1.10. The average molecular weight is 296 g/mol. The van der Waals surface area contributed by atoms with Crippen LogP contribution in [0.3, 0.4) is 0 Å². The quantitative estimate of drug-likeness (QED) is 0.840. The summed E-state index contributed by atoms with van der Waals surface area (Å²) < 4.78 is 5.33. The number of hydrogen-bond donors (Lipinski definition) is 1. The zero-order valence-corrected chi connectivity index (χ0v) is 13.8. The van der Waals surface area contributed by atoms with Crippen LogP contribution in [0, 0.1) is 5.92 Å². The van der Waals surface area contributed by atoms with Crippen molar-refractivity contribution in [3.05, 3.63) is 0 Å². The Balaban J connectivity index is 2.30. The van der Waals surface area contributed by atoms with Crippen LogP contribution in [0.2, 0.25) is 0 Å². The van der Waals surface area contributed by atoms with Crippen LogP contribution in [-0.4, -0.2) is 47.6 Å². The van der Waals surface area contributed by atoms with E-state index >= 15 is 0 Å².